The molecule has 0 aromatic heterocycles. The molecule has 1 heterocycles. The largest absolute Gasteiger partial charge is 0.375 e. The third kappa shape index (κ3) is 3.07. The molecule has 128 valence electrons. The number of carbonyl (C=O) groups excluding carboxylic acids is 1. The zero-order valence-electron chi connectivity index (χ0n) is 13.8. The van der Waals surface area contributed by atoms with E-state index in [9.17, 15) is 4.79 Å². The number of anilines is 1. The third-order valence-corrected chi connectivity index (χ3v) is 5.49. The maximum Gasteiger partial charge on any atom is 0.144 e. The number of benzene rings is 2. The van der Waals surface area contributed by atoms with Crippen LogP contribution in [0.4, 0.5) is 11.4 Å². The SMILES string of the molecule is CC1CC(=O)C2C(=Nc3ccccc3NC2c2ccc(Cl)cc2Cl)C1. The van der Waals surface area contributed by atoms with Crippen LogP contribution in [0.2, 0.25) is 10.0 Å². The number of nitrogens with zero attached hydrogens (tertiary/aromatic N) is 1. The third-order valence-electron chi connectivity index (χ3n) is 4.92. The van der Waals surface area contributed by atoms with E-state index in [1.165, 1.54) is 0 Å². The van der Waals surface area contributed by atoms with Gasteiger partial charge in [0.1, 0.15) is 5.78 Å². The van der Waals surface area contributed by atoms with Gasteiger partial charge in [0.15, 0.2) is 0 Å². The first-order valence-corrected chi connectivity index (χ1v) is 9.19. The summed E-state index contributed by atoms with van der Waals surface area (Å²) >= 11 is 12.5. The predicted molar refractivity (Wildman–Crippen MR) is 103 cm³/mol. The van der Waals surface area contributed by atoms with Crippen molar-refractivity contribution in [2.75, 3.05) is 5.32 Å². The number of hydrogen-bond donors (Lipinski definition) is 1. The lowest BCUT2D eigenvalue weighted by atomic mass is 9.75. The molecule has 0 bridgehead atoms. The summed E-state index contributed by atoms with van der Waals surface area (Å²) in [4.78, 5) is 17.8. The average molecular weight is 373 g/mol. The highest BCUT2D eigenvalue weighted by Crippen LogP contribution is 2.43. The van der Waals surface area contributed by atoms with E-state index in [1.54, 1.807) is 6.07 Å². The van der Waals surface area contributed by atoms with Gasteiger partial charge in [0, 0.05) is 22.2 Å². The molecule has 0 spiro atoms. The van der Waals surface area contributed by atoms with Crippen LogP contribution in [0.25, 0.3) is 0 Å². The van der Waals surface area contributed by atoms with Gasteiger partial charge in [0.25, 0.3) is 0 Å². The van der Waals surface area contributed by atoms with Gasteiger partial charge in [0.05, 0.1) is 23.3 Å². The van der Waals surface area contributed by atoms with Crippen molar-refractivity contribution in [2.24, 2.45) is 16.8 Å². The lowest BCUT2D eigenvalue weighted by Crippen LogP contribution is -2.38. The summed E-state index contributed by atoms with van der Waals surface area (Å²) in [5.74, 6) is 0.227. The second kappa shape index (κ2) is 6.47. The molecule has 0 saturated heterocycles. The summed E-state index contributed by atoms with van der Waals surface area (Å²) in [6, 6.07) is 13.1. The Hall–Kier alpha value is -1.84. The zero-order chi connectivity index (χ0) is 17.6. The summed E-state index contributed by atoms with van der Waals surface area (Å²) in [7, 11) is 0. The van der Waals surface area contributed by atoms with Crippen LogP contribution in [0.5, 0.6) is 0 Å². The number of carbonyl (C=O) groups is 1. The van der Waals surface area contributed by atoms with Gasteiger partial charge in [-0.05, 0) is 42.2 Å². The van der Waals surface area contributed by atoms with Crippen LogP contribution >= 0.6 is 23.2 Å². The first-order chi connectivity index (χ1) is 12.0. The lowest BCUT2D eigenvalue weighted by Gasteiger charge is -2.33. The lowest BCUT2D eigenvalue weighted by molar-refractivity contribution is -0.122. The fraction of sp³-hybridized carbons (Fsp3) is 0.300. The number of halogens is 2. The smallest absolute Gasteiger partial charge is 0.144 e. The number of aliphatic imine (C=N–C) groups is 1. The van der Waals surface area contributed by atoms with Crippen molar-refractivity contribution in [3.8, 4) is 0 Å². The molecule has 2 aromatic carbocycles. The van der Waals surface area contributed by atoms with Crippen molar-refractivity contribution in [2.45, 2.75) is 25.8 Å². The van der Waals surface area contributed by atoms with Gasteiger partial charge in [0.2, 0.25) is 0 Å². The number of para-hydroxylation sites is 2. The van der Waals surface area contributed by atoms with Crippen molar-refractivity contribution < 1.29 is 4.79 Å². The molecule has 2 aliphatic rings. The van der Waals surface area contributed by atoms with E-state index in [0.717, 1.165) is 29.1 Å². The van der Waals surface area contributed by atoms with Crippen LogP contribution < -0.4 is 5.32 Å². The van der Waals surface area contributed by atoms with E-state index in [0.29, 0.717) is 22.4 Å². The van der Waals surface area contributed by atoms with Crippen LogP contribution in [-0.4, -0.2) is 11.5 Å². The second-order valence-corrected chi connectivity index (χ2v) is 7.71. The zero-order valence-corrected chi connectivity index (χ0v) is 15.3. The average Bonchev–Trinajstić information content (AvgIpc) is 2.71. The molecule has 1 N–H and O–H groups in total. The Morgan fingerprint density at radius 2 is 1.92 bits per heavy atom. The van der Waals surface area contributed by atoms with Crippen molar-refractivity contribution in [3.05, 3.63) is 58.1 Å². The highest BCUT2D eigenvalue weighted by molar-refractivity contribution is 6.35. The molecule has 3 atom stereocenters. The van der Waals surface area contributed by atoms with E-state index in [1.807, 2.05) is 36.4 Å². The number of ketones is 1. The molecule has 3 nitrogen and oxygen atoms in total. The molecule has 1 aliphatic carbocycles. The Kier molecular flexibility index (Phi) is 4.30. The molecule has 1 aliphatic heterocycles. The molecule has 25 heavy (non-hydrogen) atoms. The summed E-state index contributed by atoms with van der Waals surface area (Å²) in [5, 5.41) is 4.67. The van der Waals surface area contributed by atoms with Crippen molar-refractivity contribution >= 4 is 46.1 Å². The molecule has 1 saturated carbocycles. The van der Waals surface area contributed by atoms with Gasteiger partial charge in [-0.2, -0.15) is 0 Å². The first kappa shape index (κ1) is 16.6. The number of hydrogen-bond acceptors (Lipinski definition) is 3. The van der Waals surface area contributed by atoms with Crippen molar-refractivity contribution in [1.82, 2.24) is 0 Å². The molecular formula is C20H18Cl2N2O. The molecule has 5 heteroatoms. The van der Waals surface area contributed by atoms with E-state index in [2.05, 4.69) is 12.2 Å². The number of fused-ring (bicyclic) bond motifs is 2. The quantitative estimate of drug-likeness (QED) is 0.682. The molecule has 4 rings (SSSR count). The van der Waals surface area contributed by atoms with Crippen molar-refractivity contribution in [3.63, 3.8) is 0 Å². The van der Waals surface area contributed by atoms with E-state index in [-0.39, 0.29) is 17.7 Å². The molecule has 0 radical (unpaired) electrons. The van der Waals surface area contributed by atoms with Crippen LogP contribution in [0, 0.1) is 11.8 Å². The maximum absolute atomic E-state index is 12.9. The summed E-state index contributed by atoms with van der Waals surface area (Å²) in [5.41, 5.74) is 3.61. The minimum Gasteiger partial charge on any atom is -0.375 e. The summed E-state index contributed by atoms with van der Waals surface area (Å²) < 4.78 is 0. The van der Waals surface area contributed by atoms with Crippen molar-refractivity contribution in [1.29, 1.82) is 0 Å². The van der Waals surface area contributed by atoms with Gasteiger partial charge in [-0.15, -0.1) is 0 Å². The molecule has 1 fully saturated rings. The Balaban J connectivity index is 1.88. The first-order valence-electron chi connectivity index (χ1n) is 8.43. The van der Waals surface area contributed by atoms with Gasteiger partial charge < -0.3 is 5.32 Å². The highest BCUT2D eigenvalue weighted by Gasteiger charge is 2.40. The molecule has 0 amide bonds. The van der Waals surface area contributed by atoms with Gasteiger partial charge in [-0.3, -0.25) is 9.79 Å². The number of rotatable bonds is 1. The van der Waals surface area contributed by atoms with Gasteiger partial charge >= 0.3 is 0 Å². The molecular weight excluding hydrogens is 355 g/mol. The number of nitrogens with one attached hydrogen (secondary N) is 1. The van der Waals surface area contributed by atoms with E-state index in [4.69, 9.17) is 28.2 Å². The molecule has 2 aromatic rings. The topological polar surface area (TPSA) is 41.5 Å². The maximum atomic E-state index is 12.9. The van der Waals surface area contributed by atoms with Gasteiger partial charge in [-0.1, -0.05) is 48.3 Å². The Bertz CT molecular complexity index is 878. The standard InChI is InChI=1S/C20H18Cl2N2O/c1-11-8-17-19(18(25)9-11)20(13-7-6-12(21)10-14(13)22)24-16-5-3-2-4-15(16)23-17/h2-7,10-11,19-20,24H,8-9H2,1H3. The predicted octanol–water partition coefficient (Wildman–Crippen LogP) is 5.85. The Labute approximate surface area is 157 Å². The Morgan fingerprint density at radius 3 is 2.72 bits per heavy atom. The fourth-order valence-corrected chi connectivity index (χ4v) is 4.34. The summed E-state index contributed by atoms with van der Waals surface area (Å²) in [6.07, 6.45) is 1.40. The minimum absolute atomic E-state index is 0.217. The minimum atomic E-state index is -0.303. The second-order valence-electron chi connectivity index (χ2n) is 6.87. The molecule has 3 unspecified atom stereocenters. The Morgan fingerprint density at radius 1 is 1.12 bits per heavy atom. The van der Waals surface area contributed by atoms with Crippen LogP contribution in [0.3, 0.4) is 0 Å². The van der Waals surface area contributed by atoms with E-state index >= 15 is 0 Å². The normalized spacial score (nSPS) is 25.3. The van der Waals surface area contributed by atoms with E-state index < -0.39 is 0 Å². The monoisotopic (exact) mass is 372 g/mol. The van der Waals surface area contributed by atoms with Crippen LogP contribution in [-0.2, 0) is 4.79 Å². The summed E-state index contributed by atoms with van der Waals surface area (Å²) in [6.45, 7) is 2.10. The number of Topliss-reactive ketones (excluding diaryl/α,β-unsaturated/α-hetero) is 1. The highest BCUT2D eigenvalue weighted by atomic mass is 35.5. The fourth-order valence-electron chi connectivity index (χ4n) is 3.82. The van der Waals surface area contributed by atoms with Crippen LogP contribution in [0.15, 0.2) is 47.5 Å². The van der Waals surface area contributed by atoms with Crippen LogP contribution in [0.1, 0.15) is 31.4 Å². The van der Waals surface area contributed by atoms with Gasteiger partial charge in [-0.25, -0.2) is 0 Å².